The number of carbonyl (C=O) groups excluding carboxylic acids is 4. The summed E-state index contributed by atoms with van der Waals surface area (Å²) in [6.45, 7) is 12.6. The van der Waals surface area contributed by atoms with Gasteiger partial charge in [-0.25, -0.2) is 8.78 Å². The van der Waals surface area contributed by atoms with Crippen molar-refractivity contribution in [3.63, 3.8) is 0 Å². The molecule has 6 aliphatic rings. The van der Waals surface area contributed by atoms with E-state index in [1.54, 1.807) is 48.5 Å². The number of ketones is 2. The first-order chi connectivity index (χ1) is 35.8. The van der Waals surface area contributed by atoms with Crippen LogP contribution in [0, 0.1) is 34.3 Å². The second-order valence-electron chi connectivity index (χ2n) is 24.9. The van der Waals surface area contributed by atoms with E-state index in [-0.39, 0.29) is 79.4 Å². The van der Waals surface area contributed by atoms with E-state index in [1.807, 2.05) is 12.1 Å². The third-order valence-corrected chi connectivity index (χ3v) is 18.2. The number of nitrogens with one attached hydrogen (secondary N) is 4. The lowest BCUT2D eigenvalue weighted by atomic mass is 9.62. The van der Waals surface area contributed by atoms with Crippen molar-refractivity contribution in [3.8, 4) is 0 Å². The molecule has 6 N–H and O–H groups in total. The molecule has 10 nitrogen and oxygen atoms in total. The van der Waals surface area contributed by atoms with Gasteiger partial charge < -0.3 is 31.5 Å². The van der Waals surface area contributed by atoms with Crippen LogP contribution in [0.25, 0.3) is 0 Å². The van der Waals surface area contributed by atoms with Crippen molar-refractivity contribution in [3.05, 3.63) is 127 Å². The highest BCUT2D eigenvalue weighted by atomic mass is 35.5. The number of halogens is 6. The van der Waals surface area contributed by atoms with Gasteiger partial charge in [0.25, 0.3) is 0 Å². The average molecular weight is 1120 g/mol. The molecule has 8 atom stereocenters. The maximum atomic E-state index is 15.8. The summed E-state index contributed by atoms with van der Waals surface area (Å²) in [7, 11) is 0. The van der Waals surface area contributed by atoms with Gasteiger partial charge in [0, 0.05) is 58.2 Å². The molecule has 10 rings (SSSR count). The molecule has 4 heterocycles. The van der Waals surface area contributed by atoms with E-state index >= 15 is 8.78 Å². The first-order valence-electron chi connectivity index (χ1n) is 26.9. The average Bonchev–Trinajstić information content (AvgIpc) is 4.10. The van der Waals surface area contributed by atoms with Crippen molar-refractivity contribution in [1.29, 1.82) is 0 Å². The molecule has 2 saturated heterocycles. The molecule has 4 aliphatic heterocycles. The van der Waals surface area contributed by atoms with E-state index in [9.17, 15) is 29.4 Å². The predicted octanol–water partition coefficient (Wildman–Crippen LogP) is 12.8. The number of benzene rings is 4. The van der Waals surface area contributed by atoms with E-state index in [0.29, 0.717) is 83.9 Å². The minimum atomic E-state index is -1.23. The molecule has 408 valence electrons. The number of Topliss-reactive ketones (excluding diaryl/α,β-unsaturated/α-hetero) is 2. The molecular formula is C60H70Cl4F2N4O6. The fourth-order valence-electron chi connectivity index (χ4n) is 13.9. The highest BCUT2D eigenvalue weighted by Gasteiger charge is 2.67. The Morgan fingerprint density at radius 3 is 1.26 bits per heavy atom. The van der Waals surface area contributed by atoms with Crippen LogP contribution in [0.3, 0.4) is 0 Å². The monoisotopic (exact) mass is 1120 g/mol. The molecule has 4 aromatic rings. The van der Waals surface area contributed by atoms with E-state index in [2.05, 4.69) is 62.8 Å². The van der Waals surface area contributed by atoms with Gasteiger partial charge in [-0.05, 0) is 146 Å². The second kappa shape index (κ2) is 21.9. The van der Waals surface area contributed by atoms with Crippen LogP contribution in [0.15, 0.2) is 72.8 Å². The van der Waals surface area contributed by atoms with Gasteiger partial charge in [-0.15, -0.1) is 0 Å². The van der Waals surface area contributed by atoms with E-state index < -0.39 is 58.5 Å². The fraction of sp³-hybridized carbons (Fsp3) is 0.533. The normalized spacial score (nSPS) is 30.9. The number of aliphatic hydroxyl groups excluding tert-OH is 2. The Morgan fingerprint density at radius 1 is 0.566 bits per heavy atom. The van der Waals surface area contributed by atoms with Gasteiger partial charge in [-0.2, -0.15) is 0 Å². The molecule has 4 fully saturated rings. The van der Waals surface area contributed by atoms with E-state index in [0.717, 1.165) is 25.7 Å². The van der Waals surface area contributed by atoms with Crippen LogP contribution < -0.4 is 21.3 Å². The molecule has 2 aliphatic carbocycles. The van der Waals surface area contributed by atoms with Gasteiger partial charge in [0.2, 0.25) is 11.8 Å². The van der Waals surface area contributed by atoms with Crippen molar-refractivity contribution in [1.82, 2.24) is 10.6 Å². The van der Waals surface area contributed by atoms with Crippen LogP contribution in [0.5, 0.6) is 0 Å². The van der Waals surface area contributed by atoms with Gasteiger partial charge >= 0.3 is 0 Å². The summed E-state index contributed by atoms with van der Waals surface area (Å²) in [6, 6.07) is 17.7. The second-order valence-corrected chi connectivity index (χ2v) is 26.6. The molecule has 2 saturated carbocycles. The van der Waals surface area contributed by atoms with Crippen molar-refractivity contribution in [2.45, 2.75) is 178 Å². The minimum absolute atomic E-state index is 0.0400. The summed E-state index contributed by atoms with van der Waals surface area (Å²) < 4.78 is 31.6. The first-order valence-corrected chi connectivity index (χ1v) is 28.4. The maximum Gasteiger partial charge on any atom is 0.237 e. The van der Waals surface area contributed by atoms with Gasteiger partial charge in [-0.1, -0.05) is 124 Å². The van der Waals surface area contributed by atoms with Gasteiger partial charge in [0.15, 0.2) is 11.6 Å². The van der Waals surface area contributed by atoms with Crippen LogP contribution in [0.4, 0.5) is 20.2 Å². The van der Waals surface area contributed by atoms with Crippen LogP contribution in [-0.4, -0.2) is 70.0 Å². The fourth-order valence-corrected chi connectivity index (χ4v) is 14.6. The summed E-state index contributed by atoms with van der Waals surface area (Å²) in [5, 5.41) is 33.9. The molecule has 16 heteroatoms. The third-order valence-electron chi connectivity index (χ3n) is 17.2. The zero-order valence-electron chi connectivity index (χ0n) is 44.0. The molecular weight excluding hydrogens is 1050 g/mol. The van der Waals surface area contributed by atoms with Crippen molar-refractivity contribution >= 4 is 81.2 Å². The Morgan fingerprint density at radius 2 is 0.921 bits per heavy atom. The highest BCUT2D eigenvalue weighted by Crippen LogP contribution is 2.59. The van der Waals surface area contributed by atoms with Gasteiger partial charge in [0.05, 0.1) is 34.3 Å². The van der Waals surface area contributed by atoms with E-state index in [1.165, 1.54) is 12.1 Å². The van der Waals surface area contributed by atoms with Gasteiger partial charge in [-0.3, -0.25) is 19.2 Å². The van der Waals surface area contributed by atoms with Crippen LogP contribution in [-0.2, 0) is 30.0 Å². The van der Waals surface area contributed by atoms with Crippen molar-refractivity contribution in [2.75, 3.05) is 10.6 Å². The maximum absolute atomic E-state index is 15.8. The molecule has 0 unspecified atom stereocenters. The topological polar surface area (TPSA) is 157 Å². The quantitative estimate of drug-likeness (QED) is 0.0917. The standard InChI is InChI=1S/2C30H35Cl2FN2O3/c2*1-29(2,3)15-24-30(20-12-9-17(31)14-22(20)34-28(30)38)25(19-5-4-6-21(32)26(19)33)27(35-24)23(37)13-16-7-10-18(36)11-8-16/h2*4-6,9,12,14,16,18,24-25,27,35-36H,7-8,10-11,13,15H2,1-3H3,(H,34,38)/t16?,18?,24-,25+,27+,30+;16?,18?,24-,25+,27+,30-/m11/s1. The summed E-state index contributed by atoms with van der Waals surface area (Å²) >= 11 is 25.1. The van der Waals surface area contributed by atoms with E-state index in [4.69, 9.17) is 46.4 Å². The Kier molecular flexibility index (Phi) is 16.4. The predicted molar refractivity (Wildman–Crippen MR) is 297 cm³/mol. The lowest BCUT2D eigenvalue weighted by Crippen LogP contribution is -2.49. The number of carbonyl (C=O) groups is 4. The van der Waals surface area contributed by atoms with Gasteiger partial charge in [0.1, 0.15) is 22.5 Å². The number of amides is 2. The molecule has 0 aromatic heterocycles. The zero-order chi connectivity index (χ0) is 54.8. The number of hydrogen-bond acceptors (Lipinski definition) is 8. The third kappa shape index (κ3) is 10.8. The largest absolute Gasteiger partial charge is 0.393 e. The first kappa shape index (κ1) is 56.7. The summed E-state index contributed by atoms with van der Waals surface area (Å²) in [5.74, 6) is -3.14. The Labute approximate surface area is 465 Å². The number of hydrogen-bond donors (Lipinski definition) is 6. The summed E-state index contributed by atoms with van der Waals surface area (Å²) in [6.07, 6.45) is 6.96. The smallest absolute Gasteiger partial charge is 0.237 e. The molecule has 0 radical (unpaired) electrons. The van der Waals surface area contributed by atoms with Crippen LogP contribution in [0.2, 0.25) is 20.1 Å². The highest BCUT2D eigenvalue weighted by molar-refractivity contribution is 6.32. The van der Waals surface area contributed by atoms with Crippen molar-refractivity contribution < 1.29 is 38.2 Å². The zero-order valence-corrected chi connectivity index (χ0v) is 47.0. The SMILES string of the molecule is CC(C)(C)C[C@H]1N[C@@H](C(=O)CC2CCC(O)CC2)[C@H](c2cccc(Cl)c2F)[C@@]12C(=O)Nc1cc(Cl)ccc12.CC(C)(C)C[C@H]1N[C@@H](C(=O)CC2CCC(O)CC2)[C@H](c2cccc(Cl)c2F)[C@]12C(=O)Nc1cc(Cl)ccc12. The van der Waals surface area contributed by atoms with Crippen LogP contribution in [0.1, 0.15) is 153 Å². The summed E-state index contributed by atoms with van der Waals surface area (Å²) in [4.78, 5) is 56.4. The molecule has 76 heavy (non-hydrogen) atoms. The molecule has 2 spiro atoms. The Bertz CT molecular complexity index is 2700. The summed E-state index contributed by atoms with van der Waals surface area (Å²) in [5.41, 5.74) is 0.292. The molecule has 0 bridgehead atoms. The minimum Gasteiger partial charge on any atom is -0.393 e. The molecule has 2 amide bonds. The number of aliphatic hydroxyl groups is 2. The molecule has 4 aromatic carbocycles. The van der Waals surface area contributed by atoms with Crippen LogP contribution >= 0.6 is 46.4 Å². The van der Waals surface area contributed by atoms with Crippen molar-refractivity contribution in [2.24, 2.45) is 22.7 Å². The lowest BCUT2D eigenvalue weighted by Gasteiger charge is -2.38. The Balaban J connectivity index is 0.000000186. The number of anilines is 2. The number of rotatable bonds is 10. The number of fused-ring (bicyclic) bond motifs is 4. The lowest BCUT2D eigenvalue weighted by molar-refractivity contribution is -0.125. The Hall–Kier alpha value is -3.98.